The summed E-state index contributed by atoms with van der Waals surface area (Å²) in [6.45, 7) is 3.20. The molecule has 6 nitrogen and oxygen atoms in total. The maximum Gasteiger partial charge on any atom is 0.240 e. The van der Waals surface area contributed by atoms with Crippen molar-refractivity contribution in [2.75, 3.05) is 31.2 Å². The lowest BCUT2D eigenvalue weighted by Gasteiger charge is -2.19. The molecule has 1 fully saturated rings. The predicted octanol–water partition coefficient (Wildman–Crippen LogP) is 1.55. The number of hydrogen-bond donors (Lipinski definition) is 2. The fraction of sp³-hybridized carbons (Fsp3) is 0.562. The maximum atomic E-state index is 11.7. The summed E-state index contributed by atoms with van der Waals surface area (Å²) in [5.74, 6) is -1.11. The molecule has 1 aromatic rings. The zero-order valence-electron chi connectivity index (χ0n) is 13.5. The molecular weight excluding hydrogens is 314 g/mol. The number of hydrogen-bond acceptors (Lipinski definition) is 4. The summed E-state index contributed by atoms with van der Waals surface area (Å²) in [7, 11) is -2.25. The molecule has 23 heavy (non-hydrogen) atoms. The highest BCUT2D eigenvalue weighted by molar-refractivity contribution is 7.90. The van der Waals surface area contributed by atoms with Crippen molar-refractivity contribution in [3.63, 3.8) is 0 Å². The normalized spacial score (nSPS) is 16.7. The van der Waals surface area contributed by atoms with Crippen molar-refractivity contribution in [1.29, 1.82) is 0 Å². The number of likely N-dealkylation sites (tertiary alicyclic amines) is 1. The van der Waals surface area contributed by atoms with Gasteiger partial charge in [0.05, 0.1) is 0 Å². The van der Waals surface area contributed by atoms with Crippen molar-refractivity contribution in [3.8, 4) is 0 Å². The first-order valence-corrected chi connectivity index (χ1v) is 9.66. The highest BCUT2D eigenvalue weighted by atomic mass is 32.2. The van der Waals surface area contributed by atoms with Gasteiger partial charge in [-0.05, 0) is 50.7 Å². The molecule has 1 heterocycles. The van der Waals surface area contributed by atoms with E-state index in [1.807, 2.05) is 24.3 Å². The van der Waals surface area contributed by atoms with Gasteiger partial charge in [0.15, 0.2) is 0 Å². The Kier molecular flexibility index (Phi) is 6.56. The van der Waals surface area contributed by atoms with Gasteiger partial charge in [0.2, 0.25) is 15.9 Å². The third kappa shape index (κ3) is 6.29. The van der Waals surface area contributed by atoms with Crippen molar-refractivity contribution in [2.24, 2.45) is 0 Å². The molecule has 0 aromatic heterocycles. The Balaban J connectivity index is 1.87. The van der Waals surface area contributed by atoms with E-state index in [2.05, 4.69) is 14.9 Å². The second-order valence-electron chi connectivity index (χ2n) is 5.90. The Morgan fingerprint density at radius 2 is 1.70 bits per heavy atom. The van der Waals surface area contributed by atoms with Crippen LogP contribution in [0.2, 0.25) is 0 Å². The third-order valence-corrected chi connectivity index (χ3v) is 5.24. The smallest absolute Gasteiger partial charge is 0.240 e. The van der Waals surface area contributed by atoms with E-state index >= 15 is 0 Å². The van der Waals surface area contributed by atoms with Crippen LogP contribution in [0.25, 0.3) is 0 Å². The number of rotatable bonds is 6. The van der Waals surface area contributed by atoms with Crippen LogP contribution < -0.4 is 10.0 Å². The molecule has 0 aliphatic carbocycles. The van der Waals surface area contributed by atoms with E-state index in [9.17, 15) is 13.2 Å². The predicted molar refractivity (Wildman–Crippen MR) is 91.7 cm³/mol. The van der Waals surface area contributed by atoms with E-state index in [0.717, 1.165) is 19.6 Å². The average molecular weight is 339 g/mol. The van der Waals surface area contributed by atoms with E-state index in [0.29, 0.717) is 5.69 Å². The first kappa shape index (κ1) is 17.9. The van der Waals surface area contributed by atoms with Crippen LogP contribution >= 0.6 is 0 Å². The van der Waals surface area contributed by atoms with Gasteiger partial charge in [-0.3, -0.25) is 9.69 Å². The molecule has 1 amide bonds. The van der Waals surface area contributed by atoms with Crippen molar-refractivity contribution in [1.82, 2.24) is 9.62 Å². The van der Waals surface area contributed by atoms with Gasteiger partial charge < -0.3 is 5.32 Å². The zero-order chi connectivity index (χ0) is 16.7. The molecule has 128 valence electrons. The molecule has 2 rings (SSSR count). The molecule has 0 spiro atoms. The number of carbonyl (C=O) groups is 1. The fourth-order valence-electron chi connectivity index (χ4n) is 2.69. The third-order valence-electron chi connectivity index (χ3n) is 3.97. The molecule has 1 aliphatic heterocycles. The number of nitrogens with zero attached hydrogens (tertiary/aromatic N) is 1. The molecular formula is C16H25N3O3S. The number of amides is 1. The van der Waals surface area contributed by atoms with Crippen molar-refractivity contribution < 1.29 is 13.2 Å². The SMILES string of the molecule is CNS(=O)(=O)CC(=O)Nc1ccc(CN2CCCCCC2)cc1. The van der Waals surface area contributed by atoms with Crippen LogP contribution in [0.15, 0.2) is 24.3 Å². The molecule has 0 bridgehead atoms. The lowest BCUT2D eigenvalue weighted by molar-refractivity contribution is -0.113. The van der Waals surface area contributed by atoms with E-state index in [1.165, 1.54) is 38.3 Å². The number of nitrogens with one attached hydrogen (secondary N) is 2. The molecule has 0 saturated carbocycles. The molecule has 1 aromatic carbocycles. The van der Waals surface area contributed by atoms with Gasteiger partial charge >= 0.3 is 0 Å². The number of carbonyl (C=O) groups excluding carboxylic acids is 1. The van der Waals surface area contributed by atoms with Crippen LogP contribution in [-0.2, 0) is 21.4 Å². The van der Waals surface area contributed by atoms with E-state index in [1.54, 1.807) is 0 Å². The van der Waals surface area contributed by atoms with E-state index in [4.69, 9.17) is 0 Å². The minimum atomic E-state index is -3.54. The van der Waals surface area contributed by atoms with Crippen LogP contribution in [0, 0.1) is 0 Å². The van der Waals surface area contributed by atoms with Gasteiger partial charge in [0, 0.05) is 12.2 Å². The molecule has 0 unspecified atom stereocenters. The summed E-state index contributed by atoms with van der Waals surface area (Å²) in [5, 5.41) is 2.60. The Morgan fingerprint density at radius 1 is 1.09 bits per heavy atom. The summed E-state index contributed by atoms with van der Waals surface area (Å²) < 4.78 is 24.8. The quantitative estimate of drug-likeness (QED) is 0.824. The highest BCUT2D eigenvalue weighted by Crippen LogP contribution is 2.15. The van der Waals surface area contributed by atoms with Crippen LogP contribution in [0.3, 0.4) is 0 Å². The highest BCUT2D eigenvalue weighted by Gasteiger charge is 2.14. The van der Waals surface area contributed by atoms with Crippen LogP contribution in [0.5, 0.6) is 0 Å². The fourth-order valence-corrected chi connectivity index (χ4v) is 3.25. The number of sulfonamides is 1. The summed E-state index contributed by atoms with van der Waals surface area (Å²) in [6, 6.07) is 7.59. The van der Waals surface area contributed by atoms with E-state index in [-0.39, 0.29) is 0 Å². The first-order chi connectivity index (χ1) is 11.0. The topological polar surface area (TPSA) is 78.5 Å². The number of benzene rings is 1. The van der Waals surface area contributed by atoms with Crippen LogP contribution in [0.4, 0.5) is 5.69 Å². The Labute approximate surface area is 138 Å². The Hall–Kier alpha value is -1.44. The molecule has 7 heteroatoms. The minimum Gasteiger partial charge on any atom is -0.325 e. The summed E-state index contributed by atoms with van der Waals surface area (Å²) in [4.78, 5) is 14.1. The lowest BCUT2D eigenvalue weighted by Crippen LogP contribution is -2.30. The standard InChI is InChI=1S/C16H25N3O3S/c1-17-23(21,22)13-16(20)18-15-8-6-14(7-9-15)12-19-10-4-2-3-5-11-19/h6-9,17H,2-5,10-13H2,1H3,(H,18,20). The molecule has 2 N–H and O–H groups in total. The zero-order valence-corrected chi connectivity index (χ0v) is 14.4. The van der Waals surface area contributed by atoms with Crippen molar-refractivity contribution in [3.05, 3.63) is 29.8 Å². The molecule has 0 radical (unpaired) electrons. The van der Waals surface area contributed by atoms with Crippen molar-refractivity contribution >= 4 is 21.6 Å². The van der Waals surface area contributed by atoms with Crippen LogP contribution in [0.1, 0.15) is 31.2 Å². The van der Waals surface area contributed by atoms with Gasteiger partial charge in [0.1, 0.15) is 5.75 Å². The van der Waals surface area contributed by atoms with Gasteiger partial charge in [0.25, 0.3) is 0 Å². The minimum absolute atomic E-state index is 0.542. The molecule has 0 atom stereocenters. The van der Waals surface area contributed by atoms with Crippen molar-refractivity contribution in [2.45, 2.75) is 32.2 Å². The van der Waals surface area contributed by atoms with Gasteiger partial charge in [-0.25, -0.2) is 13.1 Å². The lowest BCUT2D eigenvalue weighted by atomic mass is 10.2. The average Bonchev–Trinajstić information content (AvgIpc) is 2.77. The maximum absolute atomic E-state index is 11.7. The molecule has 1 saturated heterocycles. The largest absolute Gasteiger partial charge is 0.325 e. The summed E-state index contributed by atoms with van der Waals surface area (Å²) in [6.07, 6.45) is 5.15. The second kappa shape index (κ2) is 8.42. The van der Waals surface area contributed by atoms with Gasteiger partial charge in [-0.15, -0.1) is 0 Å². The first-order valence-electron chi connectivity index (χ1n) is 8.01. The Morgan fingerprint density at radius 3 is 2.26 bits per heavy atom. The number of anilines is 1. The van der Waals surface area contributed by atoms with Gasteiger partial charge in [-0.1, -0.05) is 25.0 Å². The summed E-state index contributed by atoms with van der Waals surface area (Å²) in [5.41, 5.74) is 1.81. The van der Waals surface area contributed by atoms with Gasteiger partial charge in [-0.2, -0.15) is 0 Å². The second-order valence-corrected chi connectivity index (χ2v) is 7.83. The molecule has 1 aliphatic rings. The van der Waals surface area contributed by atoms with E-state index < -0.39 is 21.7 Å². The Bertz CT molecular complexity index is 606. The monoisotopic (exact) mass is 339 g/mol. The summed E-state index contributed by atoms with van der Waals surface area (Å²) >= 11 is 0. The van der Waals surface area contributed by atoms with Crippen LogP contribution in [-0.4, -0.2) is 45.1 Å².